The molecule has 6 atom stereocenters. The molecule has 0 aromatic heterocycles. The summed E-state index contributed by atoms with van der Waals surface area (Å²) in [6.45, 7) is 9.25. The highest BCUT2D eigenvalue weighted by molar-refractivity contribution is 5.94. The molecule has 0 amide bonds. The Bertz CT molecular complexity index is 815. The van der Waals surface area contributed by atoms with Gasteiger partial charge >= 0.3 is 17.9 Å². The van der Waals surface area contributed by atoms with Crippen LogP contribution in [0.5, 0.6) is 0 Å². The van der Waals surface area contributed by atoms with Gasteiger partial charge < -0.3 is 29.2 Å². The minimum Gasteiger partial charge on any atom is -0.461 e. The molecule has 2 bridgehead atoms. The first-order chi connectivity index (χ1) is 13.9. The molecule has 3 aliphatic heterocycles. The molecule has 2 saturated heterocycles. The van der Waals surface area contributed by atoms with Gasteiger partial charge in [0.25, 0.3) is 0 Å². The Hall–Kier alpha value is -2.23. The molecule has 6 unspecified atom stereocenters. The largest absolute Gasteiger partial charge is 0.461 e. The molecule has 166 valence electrons. The molecule has 0 aromatic carbocycles. The van der Waals surface area contributed by atoms with E-state index >= 15 is 0 Å². The molecule has 3 aliphatic rings. The predicted molar refractivity (Wildman–Crippen MR) is 102 cm³/mol. The highest BCUT2D eigenvalue weighted by Gasteiger charge is 2.59. The summed E-state index contributed by atoms with van der Waals surface area (Å²) in [5, 5.41) is 22.2. The van der Waals surface area contributed by atoms with Crippen LogP contribution in [0.1, 0.15) is 47.0 Å². The third-order valence-corrected chi connectivity index (χ3v) is 6.14. The lowest BCUT2D eigenvalue weighted by Gasteiger charge is -2.35. The van der Waals surface area contributed by atoms with E-state index in [-0.39, 0.29) is 36.2 Å². The first-order valence-corrected chi connectivity index (χ1v) is 9.92. The molecule has 3 rings (SSSR count). The number of rotatable bonds is 4. The van der Waals surface area contributed by atoms with Crippen LogP contribution in [0.2, 0.25) is 0 Å². The number of hydrogen-bond acceptors (Lipinski definition) is 9. The van der Waals surface area contributed by atoms with E-state index in [0.717, 1.165) is 0 Å². The summed E-state index contributed by atoms with van der Waals surface area (Å²) < 4.78 is 21.9. The van der Waals surface area contributed by atoms with Gasteiger partial charge in [-0.05, 0) is 26.7 Å². The van der Waals surface area contributed by atoms with Crippen molar-refractivity contribution < 1.29 is 43.5 Å². The van der Waals surface area contributed by atoms with Crippen LogP contribution in [0, 0.1) is 5.92 Å². The van der Waals surface area contributed by atoms with Gasteiger partial charge in [0.2, 0.25) is 0 Å². The Labute approximate surface area is 174 Å². The van der Waals surface area contributed by atoms with E-state index in [9.17, 15) is 24.6 Å². The highest BCUT2D eigenvalue weighted by atomic mass is 16.7. The van der Waals surface area contributed by atoms with Crippen LogP contribution in [-0.2, 0) is 33.3 Å². The lowest BCUT2D eigenvalue weighted by molar-refractivity contribution is -0.268. The summed E-state index contributed by atoms with van der Waals surface area (Å²) >= 11 is 0. The number of ether oxygens (including phenoxy) is 4. The van der Waals surface area contributed by atoms with Crippen LogP contribution >= 0.6 is 0 Å². The first-order valence-electron chi connectivity index (χ1n) is 9.92. The Kier molecular flexibility index (Phi) is 5.83. The van der Waals surface area contributed by atoms with E-state index in [1.165, 1.54) is 13.8 Å². The van der Waals surface area contributed by atoms with Crippen molar-refractivity contribution >= 4 is 17.9 Å². The van der Waals surface area contributed by atoms with Gasteiger partial charge in [-0.15, -0.1) is 0 Å². The normalized spacial score (nSPS) is 38.1. The number of fused-ring (bicyclic) bond motifs is 3. The zero-order chi connectivity index (χ0) is 22.4. The fourth-order valence-electron chi connectivity index (χ4n) is 4.25. The van der Waals surface area contributed by atoms with Crippen LogP contribution in [0.15, 0.2) is 23.3 Å². The predicted octanol–water partition coefficient (Wildman–Crippen LogP) is 0.918. The average molecular weight is 424 g/mol. The number of carbonyl (C=O) groups excluding carboxylic acids is 3. The van der Waals surface area contributed by atoms with E-state index in [4.69, 9.17) is 18.9 Å². The van der Waals surface area contributed by atoms with E-state index in [2.05, 4.69) is 6.58 Å². The fourth-order valence-corrected chi connectivity index (χ4v) is 4.25. The monoisotopic (exact) mass is 424 g/mol. The lowest BCUT2D eigenvalue weighted by atomic mass is 9.81. The van der Waals surface area contributed by atoms with Crippen LogP contribution < -0.4 is 0 Å². The minimum atomic E-state index is -1.54. The topological polar surface area (TPSA) is 129 Å². The van der Waals surface area contributed by atoms with Gasteiger partial charge in [-0.3, -0.25) is 4.79 Å². The van der Waals surface area contributed by atoms with Crippen LogP contribution in [0.4, 0.5) is 0 Å². The number of esters is 3. The highest BCUT2D eigenvalue weighted by Crippen LogP contribution is 2.49. The quantitative estimate of drug-likeness (QED) is 0.384. The Balaban J connectivity index is 2.12. The molecule has 0 spiro atoms. The Morgan fingerprint density at radius 3 is 2.57 bits per heavy atom. The van der Waals surface area contributed by atoms with Crippen LogP contribution in [0.25, 0.3) is 0 Å². The van der Waals surface area contributed by atoms with Crippen molar-refractivity contribution in [2.24, 2.45) is 5.92 Å². The van der Waals surface area contributed by atoms with Crippen molar-refractivity contribution in [2.45, 2.75) is 76.7 Å². The summed E-state index contributed by atoms with van der Waals surface area (Å²) in [6.07, 6.45) is -2.82. The Morgan fingerprint density at radius 2 is 1.97 bits per heavy atom. The van der Waals surface area contributed by atoms with E-state index < -0.39 is 53.5 Å². The molecule has 0 aromatic rings. The summed E-state index contributed by atoms with van der Waals surface area (Å²) in [6, 6.07) is 0. The molecule has 0 radical (unpaired) electrons. The third-order valence-electron chi connectivity index (χ3n) is 6.14. The van der Waals surface area contributed by atoms with Gasteiger partial charge in [-0.25, -0.2) is 9.59 Å². The van der Waals surface area contributed by atoms with Gasteiger partial charge in [-0.2, -0.15) is 0 Å². The summed E-state index contributed by atoms with van der Waals surface area (Å²) in [7, 11) is 0. The zero-order valence-electron chi connectivity index (χ0n) is 17.6. The molecule has 2 N–H and O–H groups in total. The molecule has 30 heavy (non-hydrogen) atoms. The van der Waals surface area contributed by atoms with Crippen molar-refractivity contribution in [3.63, 3.8) is 0 Å². The van der Waals surface area contributed by atoms with Gasteiger partial charge in [0.1, 0.15) is 18.8 Å². The summed E-state index contributed by atoms with van der Waals surface area (Å²) in [5.41, 5.74) is -0.815. The fraction of sp³-hybridized carbons (Fsp3) is 0.667. The van der Waals surface area contributed by atoms with E-state index in [1.54, 1.807) is 13.8 Å². The van der Waals surface area contributed by atoms with Crippen molar-refractivity contribution in [1.82, 2.24) is 0 Å². The first kappa shape index (κ1) is 22.5. The third kappa shape index (κ3) is 3.89. The SMILES string of the molecule is C=C(C)C(=O)OC1CC(C)C2(O)CCC(C)(O2)C(O)C2OC(=O)C(COC(C)=O)=C12. The minimum absolute atomic E-state index is 0.00864. The van der Waals surface area contributed by atoms with Crippen molar-refractivity contribution in [1.29, 1.82) is 0 Å². The van der Waals surface area contributed by atoms with Crippen molar-refractivity contribution in [2.75, 3.05) is 6.61 Å². The summed E-state index contributed by atoms with van der Waals surface area (Å²) in [5.74, 6) is -4.11. The van der Waals surface area contributed by atoms with Gasteiger partial charge in [-0.1, -0.05) is 13.5 Å². The van der Waals surface area contributed by atoms with Gasteiger partial charge in [0.05, 0.1) is 11.2 Å². The molecule has 3 heterocycles. The Morgan fingerprint density at radius 1 is 1.30 bits per heavy atom. The van der Waals surface area contributed by atoms with Gasteiger partial charge in [0.15, 0.2) is 11.9 Å². The maximum Gasteiger partial charge on any atom is 0.338 e. The maximum absolute atomic E-state index is 12.6. The molecular weight excluding hydrogens is 396 g/mol. The molecule has 2 fully saturated rings. The number of carbonyl (C=O) groups is 3. The second-order valence-corrected chi connectivity index (χ2v) is 8.56. The maximum atomic E-state index is 12.6. The number of aliphatic hydroxyl groups excluding tert-OH is 1. The summed E-state index contributed by atoms with van der Waals surface area (Å²) in [4.78, 5) is 36.2. The van der Waals surface area contributed by atoms with Crippen LogP contribution in [-0.4, -0.2) is 64.4 Å². The standard InChI is InChI=1S/C21H28O9/c1-10(2)18(24)28-14-8-11(3)21(26)7-6-20(5,30-21)17(23)16-15(14)13(19(25)29-16)9-27-12(4)22/h11,14,16-17,23,26H,1,6-9H2,2-5H3. The second-order valence-electron chi connectivity index (χ2n) is 8.56. The number of hydrogen-bond donors (Lipinski definition) is 2. The molecule has 0 saturated carbocycles. The molecule has 9 nitrogen and oxygen atoms in total. The zero-order valence-corrected chi connectivity index (χ0v) is 17.6. The van der Waals surface area contributed by atoms with Crippen LogP contribution in [0.3, 0.4) is 0 Å². The number of aliphatic hydroxyl groups is 2. The van der Waals surface area contributed by atoms with Gasteiger partial charge in [0, 0.05) is 30.4 Å². The smallest absolute Gasteiger partial charge is 0.338 e. The van der Waals surface area contributed by atoms with E-state index in [0.29, 0.717) is 6.42 Å². The lowest BCUT2D eigenvalue weighted by Crippen LogP contribution is -2.50. The molecule has 9 heteroatoms. The molecular formula is C21H28O9. The molecule has 0 aliphatic carbocycles. The second kappa shape index (κ2) is 7.79. The van der Waals surface area contributed by atoms with E-state index in [1.807, 2.05) is 0 Å². The average Bonchev–Trinajstić information content (AvgIpc) is 3.16. The van der Waals surface area contributed by atoms with Crippen molar-refractivity contribution in [3.8, 4) is 0 Å². The van der Waals surface area contributed by atoms with Crippen molar-refractivity contribution in [3.05, 3.63) is 23.3 Å².